The van der Waals surface area contributed by atoms with E-state index in [9.17, 15) is 4.79 Å². The Bertz CT molecular complexity index is 768. The lowest BCUT2D eigenvalue weighted by molar-refractivity contribution is -0.141. The Morgan fingerprint density at radius 1 is 1.04 bits per heavy atom. The molecule has 0 atom stereocenters. The van der Waals surface area contributed by atoms with Crippen molar-refractivity contribution in [3.05, 3.63) is 60.2 Å². The van der Waals surface area contributed by atoms with Crippen molar-refractivity contribution in [3.8, 4) is 0 Å². The molecule has 0 saturated heterocycles. The molecule has 0 aromatic heterocycles. The van der Waals surface area contributed by atoms with Crippen LogP contribution in [-0.4, -0.2) is 18.3 Å². The van der Waals surface area contributed by atoms with Gasteiger partial charge in [-0.25, -0.2) is 4.79 Å². The first kappa shape index (κ1) is 20.6. The maximum absolute atomic E-state index is 11.1. The van der Waals surface area contributed by atoms with Gasteiger partial charge in [-0.1, -0.05) is 72.9 Å². The van der Waals surface area contributed by atoms with Crippen molar-refractivity contribution < 1.29 is 14.4 Å². The van der Waals surface area contributed by atoms with Crippen LogP contribution in [0.2, 0.25) is 0 Å². The number of ether oxygens (including phenoxy) is 1. The van der Waals surface area contributed by atoms with Crippen molar-refractivity contribution >= 4 is 23.4 Å². The second-order valence-electron chi connectivity index (χ2n) is 7.15. The maximum atomic E-state index is 11.1. The minimum Gasteiger partial charge on any atom is -0.371 e. The SMILES string of the molecule is CC(=O)O/N=C(\COCc1ccc(Sc2ccccc2)cc1)CC1CCCC1. The minimum atomic E-state index is -0.393. The lowest BCUT2D eigenvalue weighted by atomic mass is 10.0. The van der Waals surface area contributed by atoms with Gasteiger partial charge in [-0.05, 0) is 42.2 Å². The van der Waals surface area contributed by atoms with Gasteiger partial charge in [0.25, 0.3) is 0 Å². The molecule has 0 radical (unpaired) electrons. The monoisotopic (exact) mass is 397 g/mol. The minimum absolute atomic E-state index is 0.393. The van der Waals surface area contributed by atoms with Crippen LogP contribution in [-0.2, 0) is 21.0 Å². The summed E-state index contributed by atoms with van der Waals surface area (Å²) in [6, 6.07) is 18.7. The quantitative estimate of drug-likeness (QED) is 0.302. The van der Waals surface area contributed by atoms with E-state index in [1.807, 2.05) is 18.2 Å². The van der Waals surface area contributed by atoms with Gasteiger partial charge < -0.3 is 9.57 Å². The normalized spacial score (nSPS) is 15.0. The highest BCUT2D eigenvalue weighted by molar-refractivity contribution is 7.99. The van der Waals surface area contributed by atoms with Crippen molar-refractivity contribution in [3.63, 3.8) is 0 Å². The van der Waals surface area contributed by atoms with Gasteiger partial charge in [0, 0.05) is 16.7 Å². The van der Waals surface area contributed by atoms with Crippen molar-refractivity contribution in [2.75, 3.05) is 6.61 Å². The van der Waals surface area contributed by atoms with Crippen LogP contribution in [0.1, 0.15) is 44.6 Å². The third-order valence-corrected chi connectivity index (χ3v) is 5.76. The molecule has 2 aromatic rings. The van der Waals surface area contributed by atoms with E-state index in [0.717, 1.165) is 17.7 Å². The van der Waals surface area contributed by atoms with Crippen LogP contribution in [0.25, 0.3) is 0 Å². The molecule has 0 spiro atoms. The van der Waals surface area contributed by atoms with Gasteiger partial charge in [0.2, 0.25) is 0 Å². The summed E-state index contributed by atoms with van der Waals surface area (Å²) in [5, 5.41) is 4.02. The molecule has 4 nitrogen and oxygen atoms in total. The Morgan fingerprint density at radius 2 is 1.71 bits per heavy atom. The van der Waals surface area contributed by atoms with E-state index in [1.54, 1.807) is 11.8 Å². The summed E-state index contributed by atoms with van der Waals surface area (Å²) in [5.41, 5.74) is 1.93. The number of benzene rings is 2. The lowest BCUT2D eigenvalue weighted by Gasteiger charge is -2.12. The third-order valence-electron chi connectivity index (χ3n) is 4.74. The Morgan fingerprint density at radius 3 is 2.39 bits per heavy atom. The fourth-order valence-corrected chi connectivity index (χ4v) is 4.20. The highest BCUT2D eigenvalue weighted by Gasteiger charge is 2.18. The van der Waals surface area contributed by atoms with Crippen LogP contribution in [0.15, 0.2) is 69.5 Å². The molecular weight excluding hydrogens is 370 g/mol. The smallest absolute Gasteiger partial charge is 0.331 e. The molecular formula is C23H27NO3S. The summed E-state index contributed by atoms with van der Waals surface area (Å²) < 4.78 is 5.85. The zero-order valence-corrected chi connectivity index (χ0v) is 17.1. The zero-order valence-electron chi connectivity index (χ0n) is 16.3. The van der Waals surface area contributed by atoms with Crippen molar-refractivity contribution in [2.24, 2.45) is 11.1 Å². The van der Waals surface area contributed by atoms with Gasteiger partial charge in [-0.15, -0.1) is 0 Å². The lowest BCUT2D eigenvalue weighted by Crippen LogP contribution is -2.14. The first-order chi connectivity index (χ1) is 13.7. The molecule has 0 N–H and O–H groups in total. The molecule has 1 saturated carbocycles. The highest BCUT2D eigenvalue weighted by atomic mass is 32.2. The maximum Gasteiger partial charge on any atom is 0.331 e. The second kappa shape index (κ2) is 11.0. The summed E-state index contributed by atoms with van der Waals surface area (Å²) in [7, 11) is 0. The molecule has 28 heavy (non-hydrogen) atoms. The van der Waals surface area contributed by atoms with Crippen LogP contribution >= 0.6 is 11.8 Å². The van der Waals surface area contributed by atoms with E-state index in [0.29, 0.717) is 19.1 Å². The third kappa shape index (κ3) is 7.13. The van der Waals surface area contributed by atoms with Crippen LogP contribution in [0.3, 0.4) is 0 Å². The molecule has 0 amide bonds. The summed E-state index contributed by atoms with van der Waals surface area (Å²) >= 11 is 1.74. The van der Waals surface area contributed by atoms with E-state index < -0.39 is 5.97 Å². The molecule has 1 fully saturated rings. The number of carbonyl (C=O) groups is 1. The Balaban J connectivity index is 1.48. The molecule has 0 bridgehead atoms. The van der Waals surface area contributed by atoms with Crippen LogP contribution < -0.4 is 0 Å². The molecule has 5 heteroatoms. The number of rotatable bonds is 9. The van der Waals surface area contributed by atoms with Gasteiger partial charge in [0.15, 0.2) is 0 Å². The summed E-state index contributed by atoms with van der Waals surface area (Å²) in [6.07, 6.45) is 5.85. The second-order valence-corrected chi connectivity index (χ2v) is 8.29. The molecule has 1 aliphatic rings. The number of hydrogen-bond donors (Lipinski definition) is 0. The molecule has 0 unspecified atom stereocenters. The number of nitrogens with zero attached hydrogens (tertiary/aromatic N) is 1. The van der Waals surface area contributed by atoms with Crippen molar-refractivity contribution in [1.82, 2.24) is 0 Å². The zero-order chi connectivity index (χ0) is 19.6. The number of oxime groups is 1. The molecule has 148 valence electrons. The van der Waals surface area contributed by atoms with E-state index in [1.165, 1.54) is 42.4 Å². The Hall–Kier alpha value is -2.11. The predicted octanol–water partition coefficient (Wildman–Crippen LogP) is 5.85. The van der Waals surface area contributed by atoms with Crippen LogP contribution in [0.4, 0.5) is 0 Å². The fraction of sp³-hybridized carbons (Fsp3) is 0.391. The van der Waals surface area contributed by atoms with Gasteiger partial charge in [0.1, 0.15) is 0 Å². The average molecular weight is 398 g/mol. The topological polar surface area (TPSA) is 47.9 Å². The summed E-state index contributed by atoms with van der Waals surface area (Å²) in [5.74, 6) is 0.239. The highest BCUT2D eigenvalue weighted by Crippen LogP contribution is 2.29. The predicted molar refractivity (Wildman–Crippen MR) is 112 cm³/mol. The first-order valence-electron chi connectivity index (χ1n) is 9.82. The number of carbonyl (C=O) groups excluding carboxylic acids is 1. The van der Waals surface area contributed by atoms with E-state index >= 15 is 0 Å². The largest absolute Gasteiger partial charge is 0.371 e. The Kier molecular flexibility index (Phi) is 8.12. The average Bonchev–Trinajstić information content (AvgIpc) is 3.21. The van der Waals surface area contributed by atoms with Crippen molar-refractivity contribution in [2.45, 2.75) is 55.4 Å². The summed E-state index contributed by atoms with van der Waals surface area (Å²) in [4.78, 5) is 18.4. The molecule has 3 rings (SSSR count). The first-order valence-corrected chi connectivity index (χ1v) is 10.6. The van der Waals surface area contributed by atoms with Gasteiger partial charge in [-0.3, -0.25) is 0 Å². The van der Waals surface area contributed by atoms with Gasteiger partial charge in [-0.2, -0.15) is 0 Å². The van der Waals surface area contributed by atoms with Crippen LogP contribution in [0.5, 0.6) is 0 Å². The molecule has 2 aromatic carbocycles. The van der Waals surface area contributed by atoms with Crippen LogP contribution in [0, 0.1) is 5.92 Å². The summed E-state index contributed by atoms with van der Waals surface area (Å²) in [6.45, 7) is 2.27. The number of hydrogen-bond acceptors (Lipinski definition) is 5. The molecule has 0 aliphatic heterocycles. The van der Waals surface area contributed by atoms with E-state index in [4.69, 9.17) is 9.57 Å². The van der Waals surface area contributed by atoms with Gasteiger partial charge in [0.05, 0.1) is 18.9 Å². The van der Waals surface area contributed by atoms with E-state index in [-0.39, 0.29) is 0 Å². The van der Waals surface area contributed by atoms with Gasteiger partial charge >= 0.3 is 5.97 Å². The standard InChI is InChI=1S/C23H27NO3S/c1-18(25)27-24-21(15-19-7-5-6-8-19)17-26-16-20-11-13-23(14-12-20)28-22-9-3-2-4-10-22/h2-4,9-14,19H,5-8,15-17H2,1H3/b24-21-. The van der Waals surface area contributed by atoms with Crippen molar-refractivity contribution in [1.29, 1.82) is 0 Å². The molecule has 0 heterocycles. The fourth-order valence-electron chi connectivity index (χ4n) is 3.36. The Labute approximate surface area is 171 Å². The molecule has 1 aliphatic carbocycles. The van der Waals surface area contributed by atoms with E-state index in [2.05, 4.69) is 41.6 Å².